The molecule has 1 aromatic heterocycles. The Morgan fingerprint density at radius 3 is 2.58 bits per heavy atom. The Morgan fingerprint density at radius 1 is 1.06 bits per heavy atom. The van der Waals surface area contributed by atoms with Gasteiger partial charge < -0.3 is 9.80 Å². The maximum Gasteiger partial charge on any atom is 0.222 e. The Labute approximate surface area is 179 Å². The van der Waals surface area contributed by atoms with E-state index in [1.54, 1.807) is 12.1 Å². The third-order valence-corrected chi connectivity index (χ3v) is 5.31. The summed E-state index contributed by atoms with van der Waals surface area (Å²) in [7, 11) is 0. The molecular weight excluding hydrogens is 397 g/mol. The minimum atomic E-state index is -0.518. The molecule has 0 N–H and O–H groups in total. The van der Waals surface area contributed by atoms with Crippen LogP contribution in [0.4, 0.5) is 10.1 Å². The summed E-state index contributed by atoms with van der Waals surface area (Å²) in [6, 6.07) is 16.2. The summed E-state index contributed by atoms with van der Waals surface area (Å²) in [4.78, 5) is 17.8. The molecule has 0 bridgehead atoms. The van der Waals surface area contributed by atoms with Gasteiger partial charge in [0.1, 0.15) is 17.4 Å². The average molecular weight is 419 g/mol. The first kappa shape index (κ1) is 20.5. The van der Waals surface area contributed by atoms with Crippen molar-refractivity contribution in [2.45, 2.75) is 19.4 Å². The number of nitriles is 1. The molecule has 3 aromatic rings. The van der Waals surface area contributed by atoms with E-state index in [-0.39, 0.29) is 11.5 Å². The molecule has 0 aliphatic carbocycles. The predicted octanol–water partition coefficient (Wildman–Crippen LogP) is 2.48. The number of amides is 1. The average Bonchev–Trinajstić information content (AvgIpc) is 3.28. The zero-order chi connectivity index (χ0) is 21.6. The van der Waals surface area contributed by atoms with Gasteiger partial charge in [0.25, 0.3) is 0 Å². The Hall–Kier alpha value is -3.80. The molecule has 0 unspecified atom stereocenters. The number of halogens is 1. The summed E-state index contributed by atoms with van der Waals surface area (Å²) < 4.78 is 13.9. The first-order valence-electron chi connectivity index (χ1n) is 10.2. The van der Waals surface area contributed by atoms with Gasteiger partial charge in [-0.2, -0.15) is 10.1 Å². The zero-order valence-electron chi connectivity index (χ0n) is 17.0. The van der Waals surface area contributed by atoms with Gasteiger partial charge in [-0.1, -0.05) is 36.4 Å². The molecule has 0 radical (unpaired) electrons. The van der Waals surface area contributed by atoms with E-state index in [9.17, 15) is 14.4 Å². The minimum absolute atomic E-state index is 0.0532. The molecule has 0 spiro atoms. The van der Waals surface area contributed by atoms with Gasteiger partial charge in [0.15, 0.2) is 0 Å². The van der Waals surface area contributed by atoms with Crippen molar-refractivity contribution in [2.75, 3.05) is 31.1 Å². The molecule has 0 atom stereocenters. The number of carbonyl (C=O) groups excluding carboxylic acids is 1. The highest BCUT2D eigenvalue weighted by Gasteiger charge is 2.23. The quantitative estimate of drug-likeness (QED) is 0.610. The number of tetrazole rings is 1. The zero-order valence-corrected chi connectivity index (χ0v) is 17.0. The first-order chi connectivity index (χ1) is 15.2. The highest BCUT2D eigenvalue weighted by Crippen LogP contribution is 2.24. The van der Waals surface area contributed by atoms with Crippen LogP contribution in [0.15, 0.2) is 48.5 Å². The topological polar surface area (TPSA) is 90.9 Å². The van der Waals surface area contributed by atoms with E-state index < -0.39 is 5.82 Å². The molecule has 8 nitrogen and oxygen atoms in total. The molecule has 1 fully saturated rings. The Bertz CT molecular complexity index is 1080. The highest BCUT2D eigenvalue weighted by atomic mass is 19.1. The number of nitrogens with zero attached hydrogens (tertiary/aromatic N) is 7. The standard InChI is InChI=1S/C22H22FN7O/c23-19-8-4-9-20(18(19)16-24)28-12-14-29(15-13-28)21(31)10-5-11-30-26-22(25-27-30)17-6-2-1-3-7-17/h1-4,6-9H,5,10-15H2. The third kappa shape index (κ3) is 4.69. The molecule has 1 aliphatic rings. The maximum absolute atomic E-state index is 13.9. The summed E-state index contributed by atoms with van der Waals surface area (Å²) in [6.07, 6.45) is 1.01. The lowest BCUT2D eigenvalue weighted by molar-refractivity contribution is -0.131. The van der Waals surface area contributed by atoms with Gasteiger partial charge in [-0.25, -0.2) is 4.39 Å². The van der Waals surface area contributed by atoms with Gasteiger partial charge in [-0.3, -0.25) is 4.79 Å². The van der Waals surface area contributed by atoms with Crippen LogP contribution in [0, 0.1) is 17.1 Å². The van der Waals surface area contributed by atoms with Crippen LogP contribution in [0.25, 0.3) is 11.4 Å². The van der Waals surface area contributed by atoms with Crippen molar-refractivity contribution in [3.8, 4) is 17.5 Å². The third-order valence-electron chi connectivity index (χ3n) is 5.31. The SMILES string of the molecule is N#Cc1c(F)cccc1N1CCN(C(=O)CCCn2nnc(-c3ccccc3)n2)CC1. The van der Waals surface area contributed by atoms with E-state index in [0.29, 0.717) is 57.1 Å². The van der Waals surface area contributed by atoms with E-state index >= 15 is 0 Å². The van der Waals surface area contributed by atoms with Gasteiger partial charge in [-0.05, 0) is 23.8 Å². The van der Waals surface area contributed by atoms with Gasteiger partial charge in [0, 0.05) is 38.2 Å². The van der Waals surface area contributed by atoms with Crippen LogP contribution in [0.2, 0.25) is 0 Å². The smallest absolute Gasteiger partial charge is 0.222 e. The van der Waals surface area contributed by atoms with Crippen LogP contribution in [0.1, 0.15) is 18.4 Å². The second kappa shape index (κ2) is 9.34. The second-order valence-electron chi connectivity index (χ2n) is 7.29. The number of benzene rings is 2. The van der Waals surface area contributed by atoms with Crippen molar-refractivity contribution >= 4 is 11.6 Å². The molecule has 9 heteroatoms. The normalized spacial score (nSPS) is 13.8. The Balaban J connectivity index is 1.25. The van der Waals surface area contributed by atoms with Crippen molar-refractivity contribution in [3.63, 3.8) is 0 Å². The van der Waals surface area contributed by atoms with Gasteiger partial charge in [0.05, 0.1) is 12.2 Å². The number of aryl methyl sites for hydroxylation is 1. The monoisotopic (exact) mass is 419 g/mol. The summed E-state index contributed by atoms with van der Waals surface area (Å²) in [5.74, 6) is 0.121. The molecule has 31 heavy (non-hydrogen) atoms. The fourth-order valence-corrected chi connectivity index (χ4v) is 3.65. The fraction of sp³-hybridized carbons (Fsp3) is 0.318. The van der Waals surface area contributed by atoms with Crippen LogP contribution in [-0.4, -0.2) is 57.2 Å². The van der Waals surface area contributed by atoms with E-state index in [1.165, 1.54) is 10.9 Å². The van der Waals surface area contributed by atoms with Crippen molar-refractivity contribution in [1.29, 1.82) is 5.26 Å². The van der Waals surface area contributed by atoms with Crippen LogP contribution >= 0.6 is 0 Å². The minimum Gasteiger partial charge on any atom is -0.367 e. The number of aromatic nitrogens is 4. The lowest BCUT2D eigenvalue weighted by atomic mass is 10.1. The molecular formula is C22H22FN7O. The highest BCUT2D eigenvalue weighted by molar-refractivity contribution is 5.76. The van der Waals surface area contributed by atoms with E-state index in [2.05, 4.69) is 15.4 Å². The summed E-state index contributed by atoms with van der Waals surface area (Å²) in [5, 5.41) is 21.7. The lowest BCUT2D eigenvalue weighted by Crippen LogP contribution is -2.49. The number of hydrogen-bond donors (Lipinski definition) is 0. The molecule has 1 aliphatic heterocycles. The van der Waals surface area contributed by atoms with E-state index in [1.807, 2.05) is 46.2 Å². The van der Waals surface area contributed by atoms with Crippen LogP contribution in [0.5, 0.6) is 0 Å². The van der Waals surface area contributed by atoms with Crippen LogP contribution < -0.4 is 4.90 Å². The van der Waals surface area contributed by atoms with Gasteiger partial charge >= 0.3 is 0 Å². The van der Waals surface area contributed by atoms with Gasteiger partial charge in [0.2, 0.25) is 11.7 Å². The molecule has 4 rings (SSSR count). The van der Waals surface area contributed by atoms with Crippen molar-refractivity contribution in [3.05, 3.63) is 59.9 Å². The summed E-state index contributed by atoms with van der Waals surface area (Å²) in [5.41, 5.74) is 1.54. The molecule has 0 saturated carbocycles. The summed E-state index contributed by atoms with van der Waals surface area (Å²) >= 11 is 0. The summed E-state index contributed by atoms with van der Waals surface area (Å²) in [6.45, 7) is 2.73. The number of hydrogen-bond acceptors (Lipinski definition) is 6. The number of carbonyl (C=O) groups is 1. The van der Waals surface area contributed by atoms with E-state index in [4.69, 9.17) is 0 Å². The number of piperazine rings is 1. The second-order valence-corrected chi connectivity index (χ2v) is 7.29. The number of anilines is 1. The van der Waals surface area contributed by atoms with Gasteiger partial charge in [-0.15, -0.1) is 10.2 Å². The largest absolute Gasteiger partial charge is 0.367 e. The molecule has 2 aromatic carbocycles. The molecule has 158 valence electrons. The Kier molecular flexibility index (Phi) is 6.17. The van der Waals surface area contributed by atoms with Crippen molar-refractivity contribution < 1.29 is 9.18 Å². The molecule has 1 amide bonds. The van der Waals surface area contributed by atoms with Crippen LogP contribution in [-0.2, 0) is 11.3 Å². The number of rotatable bonds is 6. The molecule has 2 heterocycles. The molecule has 1 saturated heterocycles. The van der Waals surface area contributed by atoms with E-state index in [0.717, 1.165) is 5.56 Å². The van der Waals surface area contributed by atoms with Crippen molar-refractivity contribution in [1.82, 2.24) is 25.1 Å². The fourth-order valence-electron chi connectivity index (χ4n) is 3.65. The Morgan fingerprint density at radius 2 is 1.84 bits per heavy atom. The lowest BCUT2D eigenvalue weighted by Gasteiger charge is -2.36. The maximum atomic E-state index is 13.9. The first-order valence-corrected chi connectivity index (χ1v) is 10.2. The van der Waals surface area contributed by atoms with Crippen LogP contribution in [0.3, 0.4) is 0 Å². The predicted molar refractivity (Wildman–Crippen MR) is 112 cm³/mol. The van der Waals surface area contributed by atoms with Crippen molar-refractivity contribution in [2.24, 2.45) is 0 Å².